The van der Waals surface area contributed by atoms with Gasteiger partial charge in [-0.15, -0.1) is 11.3 Å². The molecule has 2 aromatic heterocycles. The van der Waals surface area contributed by atoms with Gasteiger partial charge in [0.1, 0.15) is 10.4 Å². The number of aryl methyl sites for hydroxylation is 1. The average Bonchev–Trinajstić information content (AvgIpc) is 3.15. The number of rotatable bonds is 4. The predicted octanol–water partition coefficient (Wildman–Crippen LogP) is 5.12. The van der Waals surface area contributed by atoms with Gasteiger partial charge in [-0.2, -0.15) is 0 Å². The number of aromatic amines is 1. The Morgan fingerprint density at radius 2 is 1.89 bits per heavy atom. The van der Waals surface area contributed by atoms with Crippen LogP contribution < -0.4 is 11.3 Å². The number of fused-ring (bicyclic) bond motifs is 3. The Balaban J connectivity index is 1.99. The minimum atomic E-state index is -0.0877. The summed E-state index contributed by atoms with van der Waals surface area (Å²) in [6.45, 7) is 6.85. The van der Waals surface area contributed by atoms with Gasteiger partial charge in [0.2, 0.25) is 0 Å². The van der Waals surface area contributed by atoms with Gasteiger partial charge < -0.3 is 15.8 Å². The van der Waals surface area contributed by atoms with E-state index < -0.39 is 0 Å². The lowest BCUT2D eigenvalue weighted by Crippen LogP contribution is -2.17. The smallest absolute Gasteiger partial charge is 0.266 e. The van der Waals surface area contributed by atoms with E-state index >= 15 is 0 Å². The highest BCUT2D eigenvalue weighted by atomic mass is 32.1. The van der Waals surface area contributed by atoms with Crippen LogP contribution in [0.4, 0.5) is 0 Å². The van der Waals surface area contributed by atoms with Crippen LogP contribution in [-0.2, 0) is 0 Å². The fourth-order valence-corrected chi connectivity index (χ4v) is 4.86. The quantitative estimate of drug-likeness (QED) is 0.451. The van der Waals surface area contributed by atoms with Gasteiger partial charge in [-0.3, -0.25) is 4.79 Å². The molecule has 0 amide bonds. The zero-order chi connectivity index (χ0) is 20.0. The first kappa shape index (κ1) is 18.7. The van der Waals surface area contributed by atoms with Crippen LogP contribution in [0.25, 0.3) is 32.1 Å². The van der Waals surface area contributed by atoms with Crippen molar-refractivity contribution in [1.82, 2.24) is 4.98 Å². The van der Waals surface area contributed by atoms with Crippen LogP contribution >= 0.6 is 11.3 Å². The van der Waals surface area contributed by atoms with Gasteiger partial charge in [-0.25, -0.2) is 0 Å². The molecule has 0 saturated heterocycles. The second-order valence-corrected chi connectivity index (χ2v) is 8.58. The summed E-state index contributed by atoms with van der Waals surface area (Å²) in [6, 6.07) is 11.9. The molecule has 5 heteroatoms. The molecule has 1 atom stereocenters. The molecule has 2 heterocycles. The zero-order valence-corrected chi connectivity index (χ0v) is 17.1. The largest absolute Gasteiger partial charge is 0.507 e. The highest BCUT2D eigenvalue weighted by Gasteiger charge is 2.18. The molecular weight excluding hydrogens is 368 g/mol. The molecule has 0 saturated carbocycles. The maximum Gasteiger partial charge on any atom is 0.266 e. The van der Waals surface area contributed by atoms with Crippen molar-refractivity contribution >= 4 is 32.3 Å². The normalized spacial score (nSPS) is 12.9. The van der Waals surface area contributed by atoms with E-state index in [1.807, 2.05) is 30.5 Å². The van der Waals surface area contributed by atoms with Crippen LogP contribution in [0.5, 0.6) is 5.75 Å². The fourth-order valence-electron chi connectivity index (χ4n) is 4.06. The maximum absolute atomic E-state index is 12.4. The molecule has 0 aliphatic heterocycles. The molecule has 2 aromatic carbocycles. The van der Waals surface area contributed by atoms with Gasteiger partial charge in [-0.1, -0.05) is 38.1 Å². The van der Waals surface area contributed by atoms with E-state index in [1.165, 1.54) is 16.9 Å². The molecule has 144 valence electrons. The Hall–Kier alpha value is -2.63. The Labute approximate surface area is 167 Å². The van der Waals surface area contributed by atoms with Crippen molar-refractivity contribution in [3.05, 3.63) is 63.3 Å². The Morgan fingerprint density at radius 3 is 2.54 bits per heavy atom. The van der Waals surface area contributed by atoms with Crippen molar-refractivity contribution in [3.8, 4) is 16.9 Å². The lowest BCUT2D eigenvalue weighted by atomic mass is 9.87. The minimum absolute atomic E-state index is 0.0877. The summed E-state index contributed by atoms with van der Waals surface area (Å²) in [5.41, 5.74) is 10.4. The summed E-state index contributed by atoms with van der Waals surface area (Å²) in [6.07, 6.45) is 0. The first-order valence-corrected chi connectivity index (χ1v) is 10.4. The molecule has 0 bridgehead atoms. The monoisotopic (exact) mass is 392 g/mol. The van der Waals surface area contributed by atoms with Crippen LogP contribution in [0.15, 0.2) is 46.6 Å². The van der Waals surface area contributed by atoms with Gasteiger partial charge in [0.25, 0.3) is 5.56 Å². The van der Waals surface area contributed by atoms with Crippen molar-refractivity contribution in [2.45, 2.75) is 26.7 Å². The van der Waals surface area contributed by atoms with Crippen LogP contribution in [0, 0.1) is 12.8 Å². The van der Waals surface area contributed by atoms with Crippen LogP contribution in [0.1, 0.15) is 30.9 Å². The van der Waals surface area contributed by atoms with Crippen molar-refractivity contribution in [1.29, 1.82) is 0 Å². The number of hydrogen-bond donors (Lipinski definition) is 3. The Bertz CT molecular complexity index is 1220. The molecular formula is C23H24N2O2S. The highest BCUT2D eigenvalue weighted by Crippen LogP contribution is 2.41. The van der Waals surface area contributed by atoms with E-state index in [1.54, 1.807) is 6.07 Å². The molecule has 4 rings (SSSR count). The van der Waals surface area contributed by atoms with Crippen molar-refractivity contribution in [2.24, 2.45) is 11.7 Å². The van der Waals surface area contributed by atoms with Gasteiger partial charge in [0, 0.05) is 16.3 Å². The third-order valence-corrected chi connectivity index (χ3v) is 6.48. The van der Waals surface area contributed by atoms with Gasteiger partial charge in [0.05, 0.1) is 5.52 Å². The summed E-state index contributed by atoms with van der Waals surface area (Å²) < 4.78 is 0.679. The second-order valence-electron chi connectivity index (χ2n) is 7.66. The number of phenols is 1. The molecule has 0 aliphatic carbocycles. The summed E-state index contributed by atoms with van der Waals surface area (Å²) in [5, 5.41) is 14.5. The topological polar surface area (TPSA) is 79.1 Å². The highest BCUT2D eigenvalue weighted by molar-refractivity contribution is 7.17. The van der Waals surface area contributed by atoms with Crippen LogP contribution in [0.2, 0.25) is 0 Å². The van der Waals surface area contributed by atoms with E-state index in [0.717, 1.165) is 33.0 Å². The standard InChI is InChI=1S/C23H24N2O2S/c1-12(2)17(11-24)14-4-6-15(7-5-14)19-18(26)10-13(3)21-20(19)16-8-9-28-22(16)23(27)25-21/h4-10,12,17,26H,11,24H2,1-3H3,(H,25,27). The number of phenolic OH excluding ortho intramolecular Hbond substituents is 1. The second kappa shape index (κ2) is 7.08. The van der Waals surface area contributed by atoms with Crippen LogP contribution in [-0.4, -0.2) is 16.6 Å². The zero-order valence-electron chi connectivity index (χ0n) is 16.2. The lowest BCUT2D eigenvalue weighted by Gasteiger charge is -2.20. The van der Waals surface area contributed by atoms with E-state index in [9.17, 15) is 9.90 Å². The third kappa shape index (κ3) is 2.91. The van der Waals surface area contributed by atoms with Gasteiger partial charge in [0.15, 0.2) is 0 Å². The molecule has 0 aliphatic rings. The lowest BCUT2D eigenvalue weighted by molar-refractivity contribution is 0.477. The first-order chi connectivity index (χ1) is 13.4. The first-order valence-electron chi connectivity index (χ1n) is 9.48. The molecule has 1 unspecified atom stereocenters. The van der Waals surface area contributed by atoms with E-state index in [2.05, 4.69) is 31.0 Å². The third-order valence-electron chi connectivity index (χ3n) is 5.57. The van der Waals surface area contributed by atoms with Crippen LogP contribution in [0.3, 0.4) is 0 Å². The molecule has 0 spiro atoms. The summed E-state index contributed by atoms with van der Waals surface area (Å²) in [7, 11) is 0. The number of thiophene rings is 1. The maximum atomic E-state index is 12.4. The number of aromatic hydroxyl groups is 1. The number of nitrogens with one attached hydrogen (secondary N) is 1. The number of nitrogens with two attached hydrogens (primary N) is 1. The molecule has 0 radical (unpaired) electrons. The Kier molecular flexibility index (Phi) is 4.73. The number of benzene rings is 2. The SMILES string of the molecule is Cc1cc(O)c(-c2ccc(C(CN)C(C)C)cc2)c2c1[nH]c(=O)c1sccc12. The molecule has 4 nitrogen and oxygen atoms in total. The summed E-state index contributed by atoms with van der Waals surface area (Å²) >= 11 is 1.42. The van der Waals surface area contributed by atoms with Gasteiger partial charge in [-0.05, 0) is 59.5 Å². The molecule has 0 fully saturated rings. The molecule has 4 N–H and O–H groups in total. The summed E-state index contributed by atoms with van der Waals surface area (Å²) in [5.74, 6) is 0.980. The van der Waals surface area contributed by atoms with E-state index in [4.69, 9.17) is 5.73 Å². The Morgan fingerprint density at radius 1 is 1.18 bits per heavy atom. The molecule has 28 heavy (non-hydrogen) atoms. The summed E-state index contributed by atoms with van der Waals surface area (Å²) in [4.78, 5) is 15.4. The van der Waals surface area contributed by atoms with Crippen molar-refractivity contribution < 1.29 is 5.11 Å². The molecule has 4 aromatic rings. The number of hydrogen-bond acceptors (Lipinski definition) is 4. The van der Waals surface area contributed by atoms with Crippen molar-refractivity contribution in [2.75, 3.05) is 6.54 Å². The minimum Gasteiger partial charge on any atom is -0.507 e. The van der Waals surface area contributed by atoms with Crippen molar-refractivity contribution in [3.63, 3.8) is 0 Å². The average molecular weight is 393 g/mol. The van der Waals surface area contributed by atoms with E-state index in [-0.39, 0.29) is 11.3 Å². The van der Waals surface area contributed by atoms with Gasteiger partial charge >= 0.3 is 0 Å². The number of pyridine rings is 1. The number of aromatic nitrogens is 1. The number of H-pyrrole nitrogens is 1. The predicted molar refractivity (Wildman–Crippen MR) is 118 cm³/mol. The fraction of sp³-hybridized carbons (Fsp3) is 0.261. The van der Waals surface area contributed by atoms with E-state index in [0.29, 0.717) is 23.1 Å².